The zero-order chi connectivity index (χ0) is 25.6. The summed E-state index contributed by atoms with van der Waals surface area (Å²) in [4.78, 5) is 29.2. The number of Topliss-reactive ketones (excluding diaryl/α,β-unsaturated/α-hetero) is 1. The van der Waals surface area contributed by atoms with Crippen molar-refractivity contribution in [2.45, 2.75) is 115 Å². The normalized spacial score (nSPS) is 23.8. The molecule has 4 atom stereocenters. The summed E-state index contributed by atoms with van der Waals surface area (Å²) in [7, 11) is 0. The number of amides is 1. The van der Waals surface area contributed by atoms with Gasteiger partial charge in [0.05, 0.1) is 12.1 Å². The van der Waals surface area contributed by atoms with Gasteiger partial charge in [-0.15, -0.1) is 0 Å². The molecule has 3 rings (SSSR count). The highest BCUT2D eigenvalue weighted by Crippen LogP contribution is 2.34. The summed E-state index contributed by atoms with van der Waals surface area (Å²) in [6.07, 6.45) is 21.8. The molecule has 36 heavy (non-hydrogen) atoms. The van der Waals surface area contributed by atoms with Gasteiger partial charge in [-0.2, -0.15) is 0 Å². The van der Waals surface area contributed by atoms with Crippen LogP contribution in [0.15, 0.2) is 36.7 Å². The topological polar surface area (TPSA) is 82.5 Å². The van der Waals surface area contributed by atoms with Gasteiger partial charge in [0, 0.05) is 37.7 Å². The molecule has 2 N–H and O–H groups in total. The number of carbonyl (C=O) groups excluding carboxylic acids is 2. The van der Waals surface area contributed by atoms with Crippen LogP contribution in [0.4, 0.5) is 0 Å². The van der Waals surface area contributed by atoms with Crippen LogP contribution in [0.2, 0.25) is 0 Å². The Labute approximate surface area is 217 Å². The number of aromatic nitrogens is 1. The molecule has 0 spiro atoms. The Bertz CT molecular complexity index is 813. The van der Waals surface area contributed by atoms with Crippen molar-refractivity contribution in [2.75, 3.05) is 6.54 Å². The number of hydrazine groups is 1. The Morgan fingerprint density at radius 1 is 1.19 bits per heavy atom. The van der Waals surface area contributed by atoms with Gasteiger partial charge in [0.25, 0.3) is 0 Å². The number of hydrogen-bond acceptors (Lipinski definition) is 5. The molecule has 1 saturated carbocycles. The van der Waals surface area contributed by atoms with Crippen molar-refractivity contribution in [1.82, 2.24) is 15.4 Å². The molecule has 4 unspecified atom stereocenters. The number of aliphatic hydroxyl groups excluding tert-OH is 1. The second kappa shape index (κ2) is 15.9. The molecule has 2 fully saturated rings. The predicted molar refractivity (Wildman–Crippen MR) is 144 cm³/mol. The summed E-state index contributed by atoms with van der Waals surface area (Å²) < 4.78 is 0. The maximum absolute atomic E-state index is 12.6. The zero-order valence-electron chi connectivity index (χ0n) is 22.2. The number of carbonyl (C=O) groups is 2. The summed E-state index contributed by atoms with van der Waals surface area (Å²) in [5, 5.41) is 12.3. The van der Waals surface area contributed by atoms with E-state index in [1.165, 1.54) is 6.42 Å². The lowest BCUT2D eigenvalue weighted by Gasteiger charge is -2.35. The molecule has 0 bridgehead atoms. The summed E-state index contributed by atoms with van der Waals surface area (Å²) in [6, 6.07) is 4.26. The highest BCUT2D eigenvalue weighted by molar-refractivity contribution is 5.83. The van der Waals surface area contributed by atoms with Crippen molar-refractivity contribution in [3.05, 3.63) is 42.2 Å². The van der Waals surface area contributed by atoms with Crippen LogP contribution in [0, 0.1) is 11.8 Å². The Morgan fingerprint density at radius 3 is 2.86 bits per heavy atom. The molecular weight excluding hydrogens is 450 g/mol. The first kappa shape index (κ1) is 28.5. The average Bonchev–Trinajstić information content (AvgIpc) is 3.25. The number of ketones is 1. The minimum atomic E-state index is -0.386. The number of aliphatic hydroxyl groups is 1. The van der Waals surface area contributed by atoms with Crippen LogP contribution in [0.3, 0.4) is 0 Å². The Balaban J connectivity index is 1.31. The zero-order valence-corrected chi connectivity index (χ0v) is 22.2. The fraction of sp³-hybridized carbons (Fsp3) is 0.700. The van der Waals surface area contributed by atoms with Crippen LogP contribution in [0.1, 0.15) is 115 Å². The first-order valence-corrected chi connectivity index (χ1v) is 14.4. The van der Waals surface area contributed by atoms with Gasteiger partial charge < -0.3 is 5.11 Å². The van der Waals surface area contributed by atoms with Gasteiger partial charge >= 0.3 is 0 Å². The van der Waals surface area contributed by atoms with E-state index in [0.29, 0.717) is 18.6 Å². The maximum atomic E-state index is 12.6. The van der Waals surface area contributed by atoms with Crippen LogP contribution in [0.5, 0.6) is 0 Å². The van der Waals surface area contributed by atoms with Gasteiger partial charge in [-0.05, 0) is 56.1 Å². The first-order chi connectivity index (χ1) is 17.6. The molecule has 0 aromatic carbocycles. The quantitative estimate of drug-likeness (QED) is 0.227. The number of piperidine rings is 1. The first-order valence-electron chi connectivity index (χ1n) is 14.4. The van der Waals surface area contributed by atoms with Crippen LogP contribution in [0.25, 0.3) is 0 Å². The van der Waals surface area contributed by atoms with Crippen molar-refractivity contribution < 1.29 is 14.7 Å². The molecule has 2 aliphatic rings. The van der Waals surface area contributed by atoms with E-state index in [2.05, 4.69) is 34.5 Å². The van der Waals surface area contributed by atoms with E-state index < -0.39 is 0 Å². The van der Waals surface area contributed by atoms with Gasteiger partial charge in [-0.3, -0.25) is 20.0 Å². The number of hydrogen-bond donors (Lipinski definition) is 2. The standard InChI is InChI=1S/C30H47N3O3/c1-2-3-6-13-26(34)19-17-24-18-20-29(35)27(24)14-7-4-5-8-16-30(36)32-33-22-10-9-15-28(33)25-12-11-21-31-23-25/h11-12,17,19,21,23-24,26-28,34H,2-10,13-16,18,20,22H2,1H3,(H,32,36). The molecular formula is C30H47N3O3. The van der Waals surface area contributed by atoms with E-state index in [9.17, 15) is 14.7 Å². The molecule has 6 heteroatoms. The SMILES string of the molecule is CCCCCC(O)C=CC1CCC(=O)C1CCCCCCC(=O)NN1CCCCC1c1cccnc1. The number of rotatable bonds is 15. The maximum Gasteiger partial charge on any atom is 0.234 e. The molecule has 2 heterocycles. The minimum absolute atomic E-state index is 0.0967. The van der Waals surface area contributed by atoms with Gasteiger partial charge in [0.1, 0.15) is 5.78 Å². The highest BCUT2D eigenvalue weighted by Gasteiger charge is 2.32. The third kappa shape index (κ3) is 9.44. The monoisotopic (exact) mass is 497 g/mol. The van der Waals surface area contributed by atoms with Crippen molar-refractivity contribution in [1.29, 1.82) is 0 Å². The van der Waals surface area contributed by atoms with Gasteiger partial charge in [-0.25, -0.2) is 5.01 Å². The molecule has 1 amide bonds. The molecule has 0 radical (unpaired) electrons. The van der Waals surface area contributed by atoms with Crippen molar-refractivity contribution in [3.8, 4) is 0 Å². The lowest BCUT2D eigenvalue weighted by atomic mass is 9.89. The summed E-state index contributed by atoms with van der Waals surface area (Å²) >= 11 is 0. The molecule has 1 aliphatic carbocycles. The Morgan fingerprint density at radius 2 is 2.06 bits per heavy atom. The minimum Gasteiger partial charge on any atom is -0.389 e. The summed E-state index contributed by atoms with van der Waals surface area (Å²) in [6.45, 7) is 3.05. The largest absolute Gasteiger partial charge is 0.389 e. The second-order valence-corrected chi connectivity index (χ2v) is 10.7. The van der Waals surface area contributed by atoms with E-state index in [0.717, 1.165) is 89.2 Å². The van der Waals surface area contributed by atoms with Crippen LogP contribution in [-0.2, 0) is 9.59 Å². The molecule has 1 aromatic heterocycles. The third-order valence-corrected chi connectivity index (χ3v) is 7.85. The van der Waals surface area contributed by atoms with Gasteiger partial charge in [0.15, 0.2) is 0 Å². The van der Waals surface area contributed by atoms with Crippen molar-refractivity contribution in [3.63, 3.8) is 0 Å². The van der Waals surface area contributed by atoms with Gasteiger partial charge in [0.2, 0.25) is 5.91 Å². The van der Waals surface area contributed by atoms with E-state index in [1.807, 2.05) is 18.3 Å². The molecule has 1 saturated heterocycles. The van der Waals surface area contributed by atoms with E-state index >= 15 is 0 Å². The molecule has 1 aliphatic heterocycles. The lowest BCUT2D eigenvalue weighted by Crippen LogP contribution is -2.46. The van der Waals surface area contributed by atoms with Crippen LogP contribution in [-0.4, -0.2) is 39.4 Å². The third-order valence-electron chi connectivity index (χ3n) is 7.85. The fourth-order valence-electron chi connectivity index (χ4n) is 5.71. The number of allylic oxidation sites excluding steroid dienone is 1. The van der Waals surface area contributed by atoms with Crippen LogP contribution < -0.4 is 5.43 Å². The van der Waals surface area contributed by atoms with E-state index in [1.54, 1.807) is 6.20 Å². The lowest BCUT2D eigenvalue weighted by molar-refractivity contribution is -0.128. The molecule has 1 aromatic rings. The van der Waals surface area contributed by atoms with Crippen molar-refractivity contribution >= 4 is 11.7 Å². The fourth-order valence-corrected chi connectivity index (χ4v) is 5.71. The highest BCUT2D eigenvalue weighted by atomic mass is 16.3. The number of unbranched alkanes of at least 4 members (excludes halogenated alkanes) is 5. The van der Waals surface area contributed by atoms with Crippen LogP contribution >= 0.6 is 0 Å². The van der Waals surface area contributed by atoms with E-state index in [4.69, 9.17) is 0 Å². The number of nitrogens with zero attached hydrogens (tertiary/aromatic N) is 2. The Kier molecular flexibility index (Phi) is 12.6. The van der Waals surface area contributed by atoms with E-state index in [-0.39, 0.29) is 29.9 Å². The summed E-state index contributed by atoms with van der Waals surface area (Å²) in [5.74, 6) is 0.867. The molecule has 200 valence electrons. The Hall–Kier alpha value is -2.05. The number of nitrogens with one attached hydrogen (secondary N) is 1. The summed E-state index contributed by atoms with van der Waals surface area (Å²) in [5.41, 5.74) is 4.31. The smallest absolute Gasteiger partial charge is 0.234 e. The van der Waals surface area contributed by atoms with Crippen molar-refractivity contribution in [2.24, 2.45) is 11.8 Å². The predicted octanol–water partition coefficient (Wildman–Crippen LogP) is 6.07. The molecule has 6 nitrogen and oxygen atoms in total. The number of pyridine rings is 1. The van der Waals surface area contributed by atoms with Gasteiger partial charge in [-0.1, -0.05) is 70.1 Å². The second-order valence-electron chi connectivity index (χ2n) is 10.7. The average molecular weight is 498 g/mol.